The molecule has 1 aliphatic heterocycles. The van der Waals surface area contributed by atoms with Crippen molar-refractivity contribution in [1.29, 1.82) is 5.26 Å². The number of nitrogens with one attached hydrogen (secondary N) is 1. The van der Waals surface area contributed by atoms with Crippen LogP contribution in [0.5, 0.6) is 0 Å². The molecule has 0 saturated carbocycles. The van der Waals surface area contributed by atoms with Gasteiger partial charge in [-0.15, -0.1) is 0 Å². The van der Waals surface area contributed by atoms with E-state index in [0.717, 1.165) is 0 Å². The van der Waals surface area contributed by atoms with E-state index in [1.54, 1.807) is 26.1 Å². The number of rotatable bonds is 3. The number of hydrogen-bond acceptors (Lipinski definition) is 4. The highest BCUT2D eigenvalue weighted by Crippen LogP contribution is 2.33. The van der Waals surface area contributed by atoms with Gasteiger partial charge in [-0.2, -0.15) is 9.57 Å². The first-order chi connectivity index (χ1) is 9.83. The quantitative estimate of drug-likeness (QED) is 0.890. The maximum absolute atomic E-state index is 12.6. The first-order valence-electron chi connectivity index (χ1n) is 6.56. The molecule has 0 spiro atoms. The van der Waals surface area contributed by atoms with Crippen LogP contribution in [0.25, 0.3) is 0 Å². The lowest BCUT2D eigenvalue weighted by Gasteiger charge is -2.22. The van der Waals surface area contributed by atoms with Gasteiger partial charge in [0.05, 0.1) is 21.9 Å². The number of benzene rings is 1. The fraction of sp³-hybridized carbons (Fsp3) is 0.429. The average molecular weight is 307 g/mol. The molecule has 1 amide bonds. The Morgan fingerprint density at radius 3 is 2.81 bits per heavy atom. The molecule has 1 atom stereocenters. The van der Waals surface area contributed by atoms with E-state index in [0.29, 0.717) is 18.5 Å². The monoisotopic (exact) mass is 307 g/mol. The standard InChI is InChI=1S/C14H17N3O3S/c1-14(13(18)16-2)6-7-17(10-14)21(19,20)12-5-3-4-11(8-12)9-15/h3-5,8H,6-7,10H2,1-2H3,(H,16,18). The summed E-state index contributed by atoms with van der Waals surface area (Å²) in [5.74, 6) is -0.161. The van der Waals surface area contributed by atoms with Crippen molar-refractivity contribution in [2.75, 3.05) is 20.1 Å². The summed E-state index contributed by atoms with van der Waals surface area (Å²) in [6, 6.07) is 7.84. The summed E-state index contributed by atoms with van der Waals surface area (Å²) in [6.07, 6.45) is 0.476. The highest BCUT2D eigenvalue weighted by molar-refractivity contribution is 7.89. The summed E-state index contributed by atoms with van der Waals surface area (Å²) in [6.45, 7) is 2.20. The Bertz CT molecular complexity index is 708. The molecule has 0 radical (unpaired) electrons. The number of carbonyl (C=O) groups is 1. The van der Waals surface area contributed by atoms with Crippen molar-refractivity contribution in [1.82, 2.24) is 9.62 Å². The average Bonchev–Trinajstić information content (AvgIpc) is 2.91. The van der Waals surface area contributed by atoms with Crippen molar-refractivity contribution in [3.8, 4) is 6.07 Å². The van der Waals surface area contributed by atoms with E-state index < -0.39 is 15.4 Å². The minimum atomic E-state index is -3.68. The first-order valence-corrected chi connectivity index (χ1v) is 8.00. The lowest BCUT2D eigenvalue weighted by Crippen LogP contribution is -2.40. The van der Waals surface area contributed by atoms with Gasteiger partial charge in [-0.3, -0.25) is 4.79 Å². The molecule has 1 fully saturated rings. The lowest BCUT2D eigenvalue weighted by atomic mass is 9.89. The van der Waals surface area contributed by atoms with Gasteiger partial charge in [-0.25, -0.2) is 8.42 Å². The molecular formula is C14H17N3O3S. The van der Waals surface area contributed by atoms with Crippen LogP contribution in [0.1, 0.15) is 18.9 Å². The Morgan fingerprint density at radius 1 is 1.48 bits per heavy atom. The maximum atomic E-state index is 12.6. The van der Waals surface area contributed by atoms with Crippen LogP contribution in [-0.2, 0) is 14.8 Å². The first kappa shape index (κ1) is 15.5. The van der Waals surface area contributed by atoms with E-state index in [9.17, 15) is 13.2 Å². The topological polar surface area (TPSA) is 90.3 Å². The number of carbonyl (C=O) groups excluding carboxylic acids is 1. The number of hydrogen-bond donors (Lipinski definition) is 1. The molecule has 1 heterocycles. The number of amides is 1. The zero-order valence-corrected chi connectivity index (χ0v) is 12.8. The van der Waals surface area contributed by atoms with Gasteiger partial charge in [-0.05, 0) is 31.5 Å². The largest absolute Gasteiger partial charge is 0.359 e. The third kappa shape index (κ3) is 2.77. The van der Waals surface area contributed by atoms with Crippen molar-refractivity contribution in [2.45, 2.75) is 18.2 Å². The molecule has 112 valence electrons. The predicted octanol–water partition coefficient (Wildman–Crippen LogP) is 0.705. The second kappa shape index (κ2) is 5.47. The van der Waals surface area contributed by atoms with Crippen LogP contribution in [0.15, 0.2) is 29.2 Å². The smallest absolute Gasteiger partial charge is 0.243 e. The van der Waals surface area contributed by atoms with E-state index in [4.69, 9.17) is 5.26 Å². The van der Waals surface area contributed by atoms with E-state index in [-0.39, 0.29) is 17.3 Å². The van der Waals surface area contributed by atoms with Gasteiger partial charge in [-0.1, -0.05) is 6.07 Å². The lowest BCUT2D eigenvalue weighted by molar-refractivity contribution is -0.128. The molecule has 6 nitrogen and oxygen atoms in total. The molecule has 21 heavy (non-hydrogen) atoms. The van der Waals surface area contributed by atoms with Crippen molar-refractivity contribution >= 4 is 15.9 Å². The number of nitrogens with zero attached hydrogens (tertiary/aromatic N) is 2. The van der Waals surface area contributed by atoms with Crippen molar-refractivity contribution in [3.05, 3.63) is 29.8 Å². The normalized spacial score (nSPS) is 22.7. The summed E-state index contributed by atoms with van der Waals surface area (Å²) < 4.78 is 26.5. The Morgan fingerprint density at radius 2 is 2.19 bits per heavy atom. The molecular weight excluding hydrogens is 290 g/mol. The van der Waals surface area contributed by atoms with Crippen molar-refractivity contribution < 1.29 is 13.2 Å². The van der Waals surface area contributed by atoms with Gasteiger partial charge in [0.15, 0.2) is 0 Å². The van der Waals surface area contributed by atoms with Gasteiger partial charge in [0.1, 0.15) is 0 Å². The third-order valence-electron chi connectivity index (χ3n) is 3.81. The highest BCUT2D eigenvalue weighted by atomic mass is 32.2. The Hall–Kier alpha value is -1.91. The molecule has 2 rings (SSSR count). The molecule has 1 aliphatic rings. The summed E-state index contributed by atoms with van der Waals surface area (Å²) in [4.78, 5) is 12.0. The maximum Gasteiger partial charge on any atom is 0.243 e. The van der Waals surface area contributed by atoms with Gasteiger partial charge < -0.3 is 5.32 Å². The second-order valence-electron chi connectivity index (χ2n) is 5.37. The van der Waals surface area contributed by atoms with E-state index in [2.05, 4.69) is 5.32 Å². The molecule has 1 aromatic rings. The summed E-state index contributed by atoms with van der Waals surface area (Å²) in [5, 5.41) is 11.4. The van der Waals surface area contributed by atoms with E-state index in [1.165, 1.54) is 16.4 Å². The van der Waals surface area contributed by atoms with Crippen LogP contribution in [0, 0.1) is 16.7 Å². The third-order valence-corrected chi connectivity index (χ3v) is 5.66. The van der Waals surface area contributed by atoms with Gasteiger partial charge >= 0.3 is 0 Å². The van der Waals surface area contributed by atoms with Crippen LogP contribution in [0.3, 0.4) is 0 Å². The molecule has 1 saturated heterocycles. The number of nitriles is 1. The fourth-order valence-corrected chi connectivity index (χ4v) is 4.10. The molecule has 1 aromatic carbocycles. The molecule has 0 aliphatic carbocycles. The van der Waals surface area contributed by atoms with E-state index in [1.807, 2.05) is 6.07 Å². The van der Waals surface area contributed by atoms with Crippen LogP contribution < -0.4 is 5.32 Å². The van der Waals surface area contributed by atoms with Crippen LogP contribution >= 0.6 is 0 Å². The van der Waals surface area contributed by atoms with Gasteiger partial charge in [0.25, 0.3) is 0 Å². The Labute approximate surface area is 124 Å². The fourth-order valence-electron chi connectivity index (χ4n) is 2.49. The summed E-state index contributed by atoms with van der Waals surface area (Å²) >= 11 is 0. The van der Waals surface area contributed by atoms with Gasteiger partial charge in [0.2, 0.25) is 15.9 Å². The van der Waals surface area contributed by atoms with Crippen LogP contribution in [0.2, 0.25) is 0 Å². The second-order valence-corrected chi connectivity index (χ2v) is 7.31. The molecule has 7 heteroatoms. The minimum absolute atomic E-state index is 0.0858. The SMILES string of the molecule is CNC(=O)C1(C)CCN(S(=O)(=O)c2cccc(C#N)c2)C1. The molecule has 1 N–H and O–H groups in total. The molecule has 0 bridgehead atoms. The van der Waals surface area contributed by atoms with Crippen LogP contribution in [0.4, 0.5) is 0 Å². The Kier molecular flexibility index (Phi) is 4.03. The molecule has 1 unspecified atom stereocenters. The minimum Gasteiger partial charge on any atom is -0.359 e. The summed E-state index contributed by atoms with van der Waals surface area (Å²) in [5.41, 5.74) is -0.418. The van der Waals surface area contributed by atoms with Gasteiger partial charge in [0, 0.05) is 20.1 Å². The zero-order chi connectivity index (χ0) is 15.7. The van der Waals surface area contributed by atoms with Crippen molar-refractivity contribution in [3.63, 3.8) is 0 Å². The summed E-state index contributed by atoms with van der Waals surface area (Å²) in [7, 11) is -2.14. The van der Waals surface area contributed by atoms with Crippen LogP contribution in [-0.4, -0.2) is 38.8 Å². The predicted molar refractivity (Wildman–Crippen MR) is 76.7 cm³/mol. The zero-order valence-electron chi connectivity index (χ0n) is 12.0. The Balaban J connectivity index is 2.30. The highest BCUT2D eigenvalue weighted by Gasteiger charge is 2.44. The molecule has 0 aromatic heterocycles. The van der Waals surface area contributed by atoms with Crippen molar-refractivity contribution in [2.24, 2.45) is 5.41 Å². The number of sulfonamides is 1. The van der Waals surface area contributed by atoms with E-state index >= 15 is 0 Å².